The van der Waals surface area contributed by atoms with Crippen LogP contribution in [0.5, 0.6) is 0 Å². The molecular formula is C12H10N6. The summed E-state index contributed by atoms with van der Waals surface area (Å²) in [7, 11) is 0. The first-order valence-corrected chi connectivity index (χ1v) is 5.95. The first-order chi connectivity index (χ1) is 8.93. The maximum atomic E-state index is 4.68. The molecule has 0 radical (unpaired) electrons. The van der Waals surface area contributed by atoms with E-state index in [1.807, 2.05) is 18.2 Å². The lowest BCUT2D eigenvalue weighted by atomic mass is 10.2. The van der Waals surface area contributed by atoms with E-state index in [0.29, 0.717) is 0 Å². The Kier molecular flexibility index (Phi) is 1.91. The van der Waals surface area contributed by atoms with Gasteiger partial charge in [-0.15, -0.1) is 5.10 Å². The summed E-state index contributed by atoms with van der Waals surface area (Å²) in [4.78, 5) is 9.01. The molecule has 3 aromatic rings. The zero-order valence-corrected chi connectivity index (χ0v) is 9.61. The summed E-state index contributed by atoms with van der Waals surface area (Å²) >= 11 is 0. The first kappa shape index (κ1) is 9.64. The molecule has 18 heavy (non-hydrogen) atoms. The number of hydrogen-bond donors (Lipinski definition) is 0. The van der Waals surface area contributed by atoms with E-state index in [2.05, 4.69) is 25.5 Å². The molecule has 0 saturated heterocycles. The molecule has 0 aliphatic heterocycles. The van der Waals surface area contributed by atoms with Crippen molar-refractivity contribution in [1.29, 1.82) is 0 Å². The number of fused-ring (bicyclic) bond motifs is 3. The average Bonchev–Trinajstić information content (AvgIpc) is 3.06. The van der Waals surface area contributed by atoms with Crippen LogP contribution in [0.4, 0.5) is 0 Å². The largest absolute Gasteiger partial charge is 0.253 e. The van der Waals surface area contributed by atoms with Gasteiger partial charge in [-0.3, -0.25) is 4.98 Å². The molecule has 0 bridgehead atoms. The van der Waals surface area contributed by atoms with Crippen LogP contribution in [0.15, 0.2) is 24.4 Å². The normalized spacial score (nSPS) is 14.0. The smallest absolute Gasteiger partial charge is 0.186 e. The van der Waals surface area contributed by atoms with Gasteiger partial charge < -0.3 is 0 Å². The summed E-state index contributed by atoms with van der Waals surface area (Å²) in [6.07, 6.45) is 4.88. The number of hydrogen-bond acceptors (Lipinski definition) is 5. The van der Waals surface area contributed by atoms with Crippen LogP contribution in [-0.4, -0.2) is 30.0 Å². The first-order valence-electron chi connectivity index (χ1n) is 5.95. The Morgan fingerprint density at radius 3 is 3.06 bits per heavy atom. The topological polar surface area (TPSA) is 68.9 Å². The van der Waals surface area contributed by atoms with Gasteiger partial charge in [0.15, 0.2) is 11.5 Å². The summed E-state index contributed by atoms with van der Waals surface area (Å²) in [6.45, 7) is 0. The quantitative estimate of drug-likeness (QED) is 0.634. The number of pyridine rings is 1. The fraction of sp³-hybridized carbons (Fsp3) is 0.250. The minimum Gasteiger partial charge on any atom is -0.253 e. The van der Waals surface area contributed by atoms with Crippen molar-refractivity contribution < 1.29 is 0 Å². The summed E-state index contributed by atoms with van der Waals surface area (Å²) in [6, 6.07) is 5.74. The Morgan fingerprint density at radius 2 is 2.17 bits per heavy atom. The van der Waals surface area contributed by atoms with Crippen LogP contribution < -0.4 is 0 Å². The maximum Gasteiger partial charge on any atom is 0.186 e. The van der Waals surface area contributed by atoms with E-state index in [0.717, 1.165) is 42.1 Å². The molecule has 1 aliphatic rings. The van der Waals surface area contributed by atoms with E-state index in [4.69, 9.17) is 0 Å². The molecule has 0 amide bonds. The van der Waals surface area contributed by atoms with Crippen LogP contribution in [0, 0.1) is 0 Å². The second-order valence-electron chi connectivity index (χ2n) is 4.34. The van der Waals surface area contributed by atoms with Crippen molar-refractivity contribution in [2.45, 2.75) is 19.3 Å². The number of tetrazole rings is 1. The lowest BCUT2D eigenvalue weighted by Gasteiger charge is -2.05. The van der Waals surface area contributed by atoms with Crippen LogP contribution >= 0.6 is 0 Å². The van der Waals surface area contributed by atoms with Gasteiger partial charge in [0.1, 0.15) is 5.69 Å². The molecule has 88 valence electrons. The SMILES string of the molecule is c1ccc(-c2nc3c(c4nnnn24)CCC3)nc1. The standard InChI is InChI=1S/C12H10N6/c1-2-7-13-10(5-1)12-14-9-6-3-4-8(9)11-15-16-17-18(11)12/h1-2,5,7H,3-4,6H2. The van der Waals surface area contributed by atoms with Gasteiger partial charge in [0.2, 0.25) is 0 Å². The average molecular weight is 238 g/mol. The summed E-state index contributed by atoms with van der Waals surface area (Å²) < 4.78 is 1.69. The fourth-order valence-corrected chi connectivity index (χ4v) is 2.45. The summed E-state index contributed by atoms with van der Waals surface area (Å²) in [5.74, 6) is 0.719. The van der Waals surface area contributed by atoms with Gasteiger partial charge in [0, 0.05) is 11.8 Å². The summed E-state index contributed by atoms with van der Waals surface area (Å²) in [5.41, 5.74) is 3.90. The molecule has 3 aromatic heterocycles. The van der Waals surface area contributed by atoms with Gasteiger partial charge in [-0.25, -0.2) is 4.98 Å². The molecule has 1 aliphatic carbocycles. The third kappa shape index (κ3) is 1.25. The van der Waals surface area contributed by atoms with Crippen LogP contribution in [0.1, 0.15) is 17.7 Å². The van der Waals surface area contributed by atoms with Crippen LogP contribution in [0.25, 0.3) is 17.2 Å². The highest BCUT2D eigenvalue weighted by Gasteiger charge is 2.21. The molecule has 6 nitrogen and oxygen atoms in total. The van der Waals surface area contributed by atoms with Crippen LogP contribution in [0.3, 0.4) is 0 Å². The molecule has 0 atom stereocenters. The molecule has 0 unspecified atom stereocenters. The van der Waals surface area contributed by atoms with Crippen molar-refractivity contribution in [3.05, 3.63) is 35.7 Å². The molecule has 4 rings (SSSR count). The highest BCUT2D eigenvalue weighted by molar-refractivity contribution is 5.59. The van der Waals surface area contributed by atoms with Crippen LogP contribution in [0.2, 0.25) is 0 Å². The highest BCUT2D eigenvalue weighted by Crippen LogP contribution is 2.26. The number of rotatable bonds is 1. The molecule has 0 spiro atoms. The van der Waals surface area contributed by atoms with Gasteiger partial charge >= 0.3 is 0 Å². The Balaban J connectivity index is 2.07. The van der Waals surface area contributed by atoms with E-state index in [-0.39, 0.29) is 0 Å². The Hall–Kier alpha value is -2.37. The third-order valence-corrected chi connectivity index (χ3v) is 3.26. The van der Waals surface area contributed by atoms with Crippen molar-refractivity contribution in [3.8, 4) is 11.5 Å². The minimum absolute atomic E-state index is 0.719. The van der Waals surface area contributed by atoms with E-state index >= 15 is 0 Å². The van der Waals surface area contributed by atoms with Gasteiger partial charge in [0.25, 0.3) is 0 Å². The van der Waals surface area contributed by atoms with E-state index < -0.39 is 0 Å². The molecule has 3 heterocycles. The number of aryl methyl sites for hydroxylation is 2. The van der Waals surface area contributed by atoms with Crippen molar-refractivity contribution in [1.82, 2.24) is 30.0 Å². The Labute approximate surface area is 103 Å². The molecule has 0 aromatic carbocycles. The van der Waals surface area contributed by atoms with Gasteiger partial charge in [-0.05, 0) is 41.8 Å². The molecular weight excluding hydrogens is 228 g/mol. The van der Waals surface area contributed by atoms with Crippen LogP contribution in [-0.2, 0) is 12.8 Å². The van der Waals surface area contributed by atoms with E-state index in [1.54, 1.807) is 10.7 Å². The van der Waals surface area contributed by atoms with Crippen molar-refractivity contribution in [3.63, 3.8) is 0 Å². The zero-order chi connectivity index (χ0) is 11.9. The zero-order valence-electron chi connectivity index (χ0n) is 9.61. The molecule has 0 saturated carbocycles. The molecule has 6 heteroatoms. The number of nitrogens with zero attached hydrogens (tertiary/aromatic N) is 6. The van der Waals surface area contributed by atoms with E-state index in [9.17, 15) is 0 Å². The Bertz CT molecular complexity index is 718. The molecule has 0 fully saturated rings. The lowest BCUT2D eigenvalue weighted by Crippen LogP contribution is -2.04. The Morgan fingerprint density at radius 1 is 1.17 bits per heavy atom. The third-order valence-electron chi connectivity index (χ3n) is 3.26. The highest BCUT2D eigenvalue weighted by atomic mass is 15.5. The van der Waals surface area contributed by atoms with Crippen molar-refractivity contribution >= 4 is 5.65 Å². The predicted octanol–water partition coefficient (Wildman–Crippen LogP) is 1.07. The fourth-order valence-electron chi connectivity index (χ4n) is 2.45. The monoisotopic (exact) mass is 238 g/mol. The predicted molar refractivity (Wildman–Crippen MR) is 63.8 cm³/mol. The maximum absolute atomic E-state index is 4.68. The molecule has 0 N–H and O–H groups in total. The van der Waals surface area contributed by atoms with E-state index in [1.165, 1.54) is 5.56 Å². The number of aromatic nitrogens is 6. The second kappa shape index (κ2) is 3.56. The minimum atomic E-state index is 0.719. The summed E-state index contributed by atoms with van der Waals surface area (Å²) in [5, 5.41) is 11.9. The van der Waals surface area contributed by atoms with Gasteiger partial charge in [-0.2, -0.15) is 4.52 Å². The lowest BCUT2D eigenvalue weighted by molar-refractivity contribution is 0.808. The van der Waals surface area contributed by atoms with Crippen molar-refractivity contribution in [2.24, 2.45) is 0 Å². The van der Waals surface area contributed by atoms with Gasteiger partial charge in [-0.1, -0.05) is 6.07 Å². The second-order valence-corrected chi connectivity index (χ2v) is 4.34. The van der Waals surface area contributed by atoms with Crippen molar-refractivity contribution in [2.75, 3.05) is 0 Å². The van der Waals surface area contributed by atoms with Gasteiger partial charge in [0.05, 0.1) is 5.69 Å².